The molecule has 0 unspecified atom stereocenters. The molecule has 1 fully saturated rings. The monoisotopic (exact) mass is 339 g/mol. The van der Waals surface area contributed by atoms with Gasteiger partial charge >= 0.3 is 5.97 Å². The number of hydrogen-bond donors (Lipinski definition) is 1. The van der Waals surface area contributed by atoms with E-state index in [9.17, 15) is 9.59 Å². The SMILES string of the molecule is O=C(O)CN(Cc1cccc(Br)c1)C(=O)CC1CCC1. The standard InChI is InChI=1S/C15H18BrNO3/c16-13-6-2-5-12(7-13)9-17(10-15(19)20)14(18)8-11-3-1-4-11/h2,5-7,11H,1,3-4,8-10H2,(H,19,20). The Labute approximate surface area is 126 Å². The predicted octanol–water partition coefficient (Wildman–Crippen LogP) is 3.05. The number of halogens is 1. The number of carboxylic acids is 1. The number of aliphatic carboxylic acids is 1. The Morgan fingerprint density at radius 2 is 2.10 bits per heavy atom. The third kappa shape index (κ3) is 4.34. The van der Waals surface area contributed by atoms with Crippen molar-refractivity contribution in [2.24, 2.45) is 5.92 Å². The normalized spacial score (nSPS) is 14.7. The Balaban J connectivity index is 2.02. The van der Waals surface area contributed by atoms with E-state index in [0.29, 0.717) is 18.9 Å². The molecule has 0 bridgehead atoms. The summed E-state index contributed by atoms with van der Waals surface area (Å²) >= 11 is 3.38. The molecule has 108 valence electrons. The van der Waals surface area contributed by atoms with E-state index in [1.807, 2.05) is 24.3 Å². The Hall–Kier alpha value is -1.36. The van der Waals surface area contributed by atoms with Crippen molar-refractivity contribution in [3.05, 3.63) is 34.3 Å². The van der Waals surface area contributed by atoms with E-state index in [0.717, 1.165) is 22.9 Å². The van der Waals surface area contributed by atoms with Crippen molar-refractivity contribution >= 4 is 27.8 Å². The number of benzene rings is 1. The van der Waals surface area contributed by atoms with Crippen LogP contribution in [0, 0.1) is 5.92 Å². The number of carboxylic acid groups (broad SMARTS) is 1. The topological polar surface area (TPSA) is 57.6 Å². The molecule has 20 heavy (non-hydrogen) atoms. The van der Waals surface area contributed by atoms with Crippen molar-refractivity contribution in [3.8, 4) is 0 Å². The van der Waals surface area contributed by atoms with E-state index in [1.54, 1.807) is 0 Å². The van der Waals surface area contributed by atoms with Gasteiger partial charge in [0.05, 0.1) is 0 Å². The average molecular weight is 340 g/mol. The molecule has 0 saturated heterocycles. The van der Waals surface area contributed by atoms with Crippen molar-refractivity contribution in [3.63, 3.8) is 0 Å². The lowest BCUT2D eigenvalue weighted by Crippen LogP contribution is -2.36. The fourth-order valence-corrected chi connectivity index (χ4v) is 2.77. The smallest absolute Gasteiger partial charge is 0.323 e. The van der Waals surface area contributed by atoms with Crippen LogP contribution in [-0.4, -0.2) is 28.4 Å². The van der Waals surface area contributed by atoms with Crippen LogP contribution in [0.3, 0.4) is 0 Å². The summed E-state index contributed by atoms with van der Waals surface area (Å²) < 4.78 is 0.928. The third-order valence-electron chi connectivity index (χ3n) is 3.63. The summed E-state index contributed by atoms with van der Waals surface area (Å²) in [5, 5.41) is 8.97. The molecule has 1 aromatic rings. The highest BCUT2D eigenvalue weighted by atomic mass is 79.9. The minimum atomic E-state index is -0.970. The number of rotatable bonds is 6. The van der Waals surface area contributed by atoms with E-state index in [-0.39, 0.29) is 12.5 Å². The van der Waals surface area contributed by atoms with Crippen molar-refractivity contribution in [1.82, 2.24) is 4.90 Å². The Bertz CT molecular complexity index is 500. The highest BCUT2D eigenvalue weighted by Gasteiger charge is 2.25. The van der Waals surface area contributed by atoms with Crippen LogP contribution in [0.4, 0.5) is 0 Å². The average Bonchev–Trinajstić information content (AvgIpc) is 2.32. The first kappa shape index (κ1) is 15.0. The van der Waals surface area contributed by atoms with Gasteiger partial charge in [-0.15, -0.1) is 0 Å². The summed E-state index contributed by atoms with van der Waals surface area (Å²) in [6, 6.07) is 7.59. The van der Waals surface area contributed by atoms with Crippen molar-refractivity contribution in [2.75, 3.05) is 6.54 Å². The van der Waals surface area contributed by atoms with Crippen LogP contribution in [0.1, 0.15) is 31.2 Å². The van der Waals surface area contributed by atoms with Gasteiger partial charge in [0.15, 0.2) is 0 Å². The van der Waals surface area contributed by atoms with Crippen LogP contribution in [0.25, 0.3) is 0 Å². The van der Waals surface area contributed by atoms with Gasteiger partial charge in [-0.3, -0.25) is 9.59 Å². The van der Waals surface area contributed by atoms with Gasteiger partial charge in [0.1, 0.15) is 6.54 Å². The molecule has 0 atom stereocenters. The van der Waals surface area contributed by atoms with Gasteiger partial charge in [-0.1, -0.05) is 34.5 Å². The largest absolute Gasteiger partial charge is 0.480 e. The second-order valence-electron chi connectivity index (χ2n) is 5.27. The molecule has 0 heterocycles. The first-order chi connectivity index (χ1) is 9.54. The number of carbonyl (C=O) groups excluding carboxylic acids is 1. The fourth-order valence-electron chi connectivity index (χ4n) is 2.32. The Kier molecular flexibility index (Phi) is 5.17. The fraction of sp³-hybridized carbons (Fsp3) is 0.467. The van der Waals surface area contributed by atoms with Gasteiger partial charge in [0, 0.05) is 17.4 Å². The van der Waals surface area contributed by atoms with Crippen molar-refractivity contribution in [1.29, 1.82) is 0 Å². The molecular formula is C15H18BrNO3. The molecule has 2 rings (SSSR count). The maximum atomic E-state index is 12.2. The molecule has 0 spiro atoms. The van der Waals surface area contributed by atoms with Crippen molar-refractivity contribution in [2.45, 2.75) is 32.2 Å². The summed E-state index contributed by atoms with van der Waals surface area (Å²) in [4.78, 5) is 24.6. The molecule has 0 aliphatic heterocycles. The molecule has 1 aromatic carbocycles. The van der Waals surface area contributed by atoms with Gasteiger partial charge in [-0.05, 0) is 36.5 Å². The summed E-state index contributed by atoms with van der Waals surface area (Å²) in [6.07, 6.45) is 3.83. The second kappa shape index (κ2) is 6.88. The number of hydrogen-bond acceptors (Lipinski definition) is 2. The third-order valence-corrected chi connectivity index (χ3v) is 4.12. The maximum absolute atomic E-state index is 12.2. The Morgan fingerprint density at radius 1 is 1.35 bits per heavy atom. The van der Waals surface area contributed by atoms with E-state index in [2.05, 4.69) is 15.9 Å². The number of nitrogens with zero attached hydrogens (tertiary/aromatic N) is 1. The minimum Gasteiger partial charge on any atom is -0.480 e. The summed E-state index contributed by atoms with van der Waals surface area (Å²) in [5.74, 6) is -0.583. The van der Waals surface area contributed by atoms with Crippen LogP contribution >= 0.6 is 15.9 Å². The summed E-state index contributed by atoms with van der Waals surface area (Å²) in [7, 11) is 0. The van der Waals surface area contributed by atoms with Gasteiger partial charge in [0.2, 0.25) is 5.91 Å². The maximum Gasteiger partial charge on any atom is 0.323 e. The molecule has 0 radical (unpaired) electrons. The highest BCUT2D eigenvalue weighted by Crippen LogP contribution is 2.30. The molecular weight excluding hydrogens is 322 g/mol. The molecule has 1 aliphatic rings. The predicted molar refractivity (Wildman–Crippen MR) is 79.2 cm³/mol. The van der Waals surface area contributed by atoms with Crippen LogP contribution < -0.4 is 0 Å². The van der Waals surface area contributed by atoms with Crippen molar-refractivity contribution < 1.29 is 14.7 Å². The first-order valence-electron chi connectivity index (χ1n) is 6.78. The Morgan fingerprint density at radius 3 is 2.65 bits per heavy atom. The highest BCUT2D eigenvalue weighted by molar-refractivity contribution is 9.10. The van der Waals surface area contributed by atoms with Gasteiger partial charge in [-0.25, -0.2) is 0 Å². The molecule has 5 heteroatoms. The first-order valence-corrected chi connectivity index (χ1v) is 7.58. The van der Waals surface area contributed by atoms with Crippen LogP contribution in [0.5, 0.6) is 0 Å². The zero-order valence-electron chi connectivity index (χ0n) is 11.2. The minimum absolute atomic E-state index is 0.0583. The molecule has 1 aliphatic carbocycles. The molecule has 1 amide bonds. The molecule has 4 nitrogen and oxygen atoms in total. The van der Waals surface area contributed by atoms with Gasteiger partial charge < -0.3 is 10.0 Å². The summed E-state index contributed by atoms with van der Waals surface area (Å²) in [5.41, 5.74) is 0.933. The molecule has 1 N–H and O–H groups in total. The van der Waals surface area contributed by atoms with E-state index in [4.69, 9.17) is 5.11 Å². The van der Waals surface area contributed by atoms with Crippen LogP contribution in [-0.2, 0) is 16.1 Å². The van der Waals surface area contributed by atoms with Crippen LogP contribution in [0.2, 0.25) is 0 Å². The van der Waals surface area contributed by atoms with Crippen LogP contribution in [0.15, 0.2) is 28.7 Å². The zero-order valence-corrected chi connectivity index (χ0v) is 12.8. The zero-order chi connectivity index (χ0) is 14.5. The second-order valence-corrected chi connectivity index (χ2v) is 6.19. The van der Waals surface area contributed by atoms with Gasteiger partial charge in [-0.2, -0.15) is 0 Å². The molecule has 0 aromatic heterocycles. The lowest BCUT2D eigenvalue weighted by Gasteiger charge is -2.28. The number of carbonyl (C=O) groups is 2. The van der Waals surface area contributed by atoms with E-state index in [1.165, 1.54) is 11.3 Å². The van der Waals surface area contributed by atoms with Gasteiger partial charge in [0.25, 0.3) is 0 Å². The lowest BCUT2D eigenvalue weighted by atomic mass is 9.82. The van der Waals surface area contributed by atoms with E-state index >= 15 is 0 Å². The quantitative estimate of drug-likeness (QED) is 0.866. The molecule has 1 saturated carbocycles. The number of amides is 1. The summed E-state index contributed by atoms with van der Waals surface area (Å²) in [6.45, 7) is 0.107. The lowest BCUT2D eigenvalue weighted by molar-refractivity contribution is -0.145. The van der Waals surface area contributed by atoms with E-state index < -0.39 is 5.97 Å².